The van der Waals surface area contributed by atoms with Crippen LogP contribution in [0.15, 0.2) is 17.1 Å². The molecular weight excluding hydrogens is 236 g/mol. The summed E-state index contributed by atoms with van der Waals surface area (Å²) in [5.41, 5.74) is 0. The van der Waals surface area contributed by atoms with Crippen molar-refractivity contribution >= 4 is 5.84 Å². The van der Waals surface area contributed by atoms with Crippen molar-refractivity contribution in [2.45, 2.75) is 65.5 Å². The fourth-order valence-corrected chi connectivity index (χ4v) is 2.94. The van der Waals surface area contributed by atoms with Crippen molar-refractivity contribution < 1.29 is 9.59 Å². The lowest BCUT2D eigenvalue weighted by Crippen LogP contribution is -2.56. The maximum absolute atomic E-state index is 10.1. The van der Waals surface area contributed by atoms with Crippen LogP contribution in [0, 0.1) is 0 Å². The highest BCUT2D eigenvalue weighted by atomic mass is 16.3. The molecule has 0 fully saturated rings. The van der Waals surface area contributed by atoms with Crippen LogP contribution in [-0.4, -0.2) is 41.3 Å². The summed E-state index contributed by atoms with van der Waals surface area (Å²) in [5.74, 6) is 1.22. The highest BCUT2D eigenvalue weighted by Crippen LogP contribution is 2.22. The van der Waals surface area contributed by atoms with Crippen LogP contribution in [0.1, 0.15) is 59.3 Å². The summed E-state index contributed by atoms with van der Waals surface area (Å²) in [6, 6.07) is 0. The average Bonchev–Trinajstić information content (AvgIpc) is 2.82. The molecule has 1 aliphatic rings. The molecule has 0 aromatic heterocycles. The Labute approximate surface area is 118 Å². The zero-order valence-corrected chi connectivity index (χ0v) is 12.9. The first-order chi connectivity index (χ1) is 9.17. The Balaban J connectivity index is 2.30. The number of hydrogen-bond acceptors (Lipinski definition) is 2. The van der Waals surface area contributed by atoms with Gasteiger partial charge < -0.3 is 5.11 Å². The predicted molar refractivity (Wildman–Crippen MR) is 82.2 cm³/mol. The third kappa shape index (κ3) is 4.43. The Kier molecular flexibility index (Phi) is 7.32. The maximum Gasteiger partial charge on any atom is 0.200 e. The number of hydrogen-bond donors (Lipinski definition) is 1. The van der Waals surface area contributed by atoms with Crippen LogP contribution in [0.5, 0.6) is 0 Å². The van der Waals surface area contributed by atoms with E-state index in [0.29, 0.717) is 4.48 Å². The molecular formula is C16H31N2O+. The van der Waals surface area contributed by atoms with Gasteiger partial charge in [-0.3, -0.25) is 4.48 Å². The fourth-order valence-electron chi connectivity index (χ4n) is 2.94. The van der Waals surface area contributed by atoms with Gasteiger partial charge in [0.25, 0.3) is 0 Å². The zero-order valence-electron chi connectivity index (χ0n) is 12.9. The summed E-state index contributed by atoms with van der Waals surface area (Å²) in [6.07, 6.45) is 11.3. The van der Waals surface area contributed by atoms with Gasteiger partial charge in [-0.2, -0.15) is 0 Å². The average molecular weight is 267 g/mol. The normalized spacial score (nSPS) is 24.9. The molecule has 0 radical (unpaired) electrons. The van der Waals surface area contributed by atoms with E-state index in [0.717, 1.165) is 32.5 Å². The quantitative estimate of drug-likeness (QED) is 0.387. The molecule has 1 heterocycles. The van der Waals surface area contributed by atoms with E-state index >= 15 is 0 Å². The number of likely N-dealkylation sites (N-methyl/N-ethyl adjacent to an activating group) is 1. The standard InChI is InChI=1S/C16H31N2O/c1-4-6-7-8-9-10-11-12-16-17-13-14-18(16,5-2)15(3)19/h6-7,15,19H,4-5,8-14H2,1-3H3/q+1/b7-6+. The molecule has 0 spiro atoms. The van der Waals surface area contributed by atoms with Crippen molar-refractivity contribution in [3.05, 3.63) is 12.2 Å². The van der Waals surface area contributed by atoms with Gasteiger partial charge in [0.05, 0.1) is 13.1 Å². The lowest BCUT2D eigenvalue weighted by atomic mass is 10.1. The first-order valence-corrected chi connectivity index (χ1v) is 7.91. The van der Waals surface area contributed by atoms with Crippen LogP contribution < -0.4 is 0 Å². The smallest absolute Gasteiger partial charge is 0.200 e. The molecule has 1 rings (SSSR count). The third-order valence-corrected chi connectivity index (χ3v) is 4.26. The molecule has 0 aromatic carbocycles. The van der Waals surface area contributed by atoms with E-state index in [4.69, 9.17) is 0 Å². The molecule has 3 nitrogen and oxygen atoms in total. The number of unbranched alkanes of at least 4 members (excludes halogenated alkanes) is 3. The minimum Gasteiger partial charge on any atom is -0.345 e. The molecule has 3 heteroatoms. The number of amidine groups is 1. The molecule has 1 aliphatic heterocycles. The van der Waals surface area contributed by atoms with E-state index < -0.39 is 0 Å². The number of rotatable bonds is 9. The molecule has 110 valence electrons. The lowest BCUT2D eigenvalue weighted by Gasteiger charge is -2.36. The molecule has 0 bridgehead atoms. The van der Waals surface area contributed by atoms with E-state index in [1.807, 2.05) is 6.92 Å². The first-order valence-electron chi connectivity index (χ1n) is 7.91. The summed E-state index contributed by atoms with van der Waals surface area (Å²) >= 11 is 0. The Morgan fingerprint density at radius 2 is 2.05 bits per heavy atom. The number of quaternary nitrogens is 1. The van der Waals surface area contributed by atoms with Gasteiger partial charge in [-0.05, 0) is 32.6 Å². The minimum atomic E-state index is -0.321. The molecule has 0 amide bonds. The van der Waals surface area contributed by atoms with E-state index in [2.05, 4.69) is 31.0 Å². The molecule has 19 heavy (non-hydrogen) atoms. The third-order valence-electron chi connectivity index (χ3n) is 4.26. The van der Waals surface area contributed by atoms with Crippen LogP contribution in [-0.2, 0) is 0 Å². The second-order valence-corrected chi connectivity index (χ2v) is 5.48. The van der Waals surface area contributed by atoms with Crippen molar-refractivity contribution in [2.24, 2.45) is 4.99 Å². The van der Waals surface area contributed by atoms with Crippen molar-refractivity contribution in [3.8, 4) is 0 Å². The lowest BCUT2D eigenvalue weighted by molar-refractivity contribution is -0.882. The number of aliphatic imine (C=N–C) groups is 1. The molecule has 2 unspecified atom stereocenters. The van der Waals surface area contributed by atoms with Crippen LogP contribution in [0.3, 0.4) is 0 Å². The molecule has 1 N–H and O–H groups in total. The first kappa shape index (κ1) is 16.4. The Bertz CT molecular complexity index is 310. The summed E-state index contributed by atoms with van der Waals surface area (Å²) < 4.78 is 0.704. The Morgan fingerprint density at radius 1 is 1.26 bits per heavy atom. The van der Waals surface area contributed by atoms with Gasteiger partial charge >= 0.3 is 0 Å². The number of nitrogens with zero attached hydrogens (tertiary/aromatic N) is 2. The molecule has 0 aliphatic carbocycles. The van der Waals surface area contributed by atoms with Gasteiger partial charge in [-0.25, -0.2) is 4.99 Å². The highest BCUT2D eigenvalue weighted by molar-refractivity contribution is 5.76. The number of aliphatic hydroxyl groups excluding tert-OH is 1. The van der Waals surface area contributed by atoms with Crippen molar-refractivity contribution in [1.82, 2.24) is 0 Å². The summed E-state index contributed by atoms with van der Waals surface area (Å²) in [4.78, 5) is 4.64. The number of allylic oxidation sites excluding steroid dienone is 2. The van der Waals surface area contributed by atoms with E-state index in [1.54, 1.807) is 0 Å². The summed E-state index contributed by atoms with van der Waals surface area (Å²) in [5, 5.41) is 10.1. The van der Waals surface area contributed by atoms with Gasteiger partial charge in [0.2, 0.25) is 5.84 Å². The van der Waals surface area contributed by atoms with Crippen LogP contribution in [0.4, 0.5) is 0 Å². The van der Waals surface area contributed by atoms with Crippen LogP contribution in [0.25, 0.3) is 0 Å². The Morgan fingerprint density at radius 3 is 2.68 bits per heavy atom. The second kappa shape index (κ2) is 8.49. The van der Waals surface area contributed by atoms with E-state index in [1.165, 1.54) is 31.5 Å². The fraction of sp³-hybridized carbons (Fsp3) is 0.812. The van der Waals surface area contributed by atoms with Gasteiger partial charge in [0.15, 0.2) is 6.23 Å². The minimum absolute atomic E-state index is 0.321. The van der Waals surface area contributed by atoms with E-state index in [-0.39, 0.29) is 6.23 Å². The van der Waals surface area contributed by atoms with Crippen LogP contribution in [0.2, 0.25) is 0 Å². The van der Waals surface area contributed by atoms with Gasteiger partial charge in [0.1, 0.15) is 6.54 Å². The van der Waals surface area contributed by atoms with Crippen molar-refractivity contribution in [3.63, 3.8) is 0 Å². The summed E-state index contributed by atoms with van der Waals surface area (Å²) in [6.45, 7) is 9.04. The highest BCUT2D eigenvalue weighted by Gasteiger charge is 2.40. The SMILES string of the molecule is CC/C=C/CCCCCC1=NCC[N+]1(CC)C(C)O. The van der Waals surface area contributed by atoms with Gasteiger partial charge in [0, 0.05) is 13.3 Å². The van der Waals surface area contributed by atoms with Gasteiger partial charge in [-0.1, -0.05) is 25.5 Å². The molecule has 2 atom stereocenters. The van der Waals surface area contributed by atoms with Crippen molar-refractivity contribution in [1.29, 1.82) is 0 Å². The summed E-state index contributed by atoms with van der Waals surface area (Å²) in [7, 11) is 0. The van der Waals surface area contributed by atoms with E-state index in [9.17, 15) is 5.11 Å². The monoisotopic (exact) mass is 267 g/mol. The zero-order chi connectivity index (χ0) is 14.1. The predicted octanol–water partition coefficient (Wildman–Crippen LogP) is 3.49. The maximum atomic E-state index is 10.1. The van der Waals surface area contributed by atoms with Crippen LogP contribution >= 0.6 is 0 Å². The largest absolute Gasteiger partial charge is 0.345 e. The second-order valence-electron chi connectivity index (χ2n) is 5.48. The van der Waals surface area contributed by atoms with Gasteiger partial charge in [-0.15, -0.1) is 0 Å². The molecule has 0 aromatic rings. The Hall–Kier alpha value is -0.670. The topological polar surface area (TPSA) is 32.6 Å². The number of aliphatic hydroxyl groups is 1. The van der Waals surface area contributed by atoms with Crippen molar-refractivity contribution in [2.75, 3.05) is 19.6 Å². The molecule has 0 saturated heterocycles. The molecule has 0 saturated carbocycles.